The van der Waals surface area contributed by atoms with Crippen molar-refractivity contribution >= 4 is 29.2 Å². The highest BCUT2D eigenvalue weighted by Crippen LogP contribution is 2.26. The second-order valence-electron chi connectivity index (χ2n) is 4.15. The van der Waals surface area contributed by atoms with E-state index in [1.807, 2.05) is 30.3 Å². The molecule has 5 nitrogen and oxygen atoms in total. The largest absolute Gasteiger partial charge is 0.496 e. The van der Waals surface area contributed by atoms with Crippen molar-refractivity contribution in [3.05, 3.63) is 53.1 Å². The second kappa shape index (κ2) is 5.26. The molecule has 20 heavy (non-hydrogen) atoms. The van der Waals surface area contributed by atoms with E-state index in [1.165, 1.54) is 11.0 Å². The lowest BCUT2D eigenvalue weighted by atomic mass is 10.0. The Morgan fingerprint density at radius 3 is 2.90 bits per heavy atom. The van der Waals surface area contributed by atoms with Crippen molar-refractivity contribution in [3.8, 4) is 5.75 Å². The third-order valence-electron chi connectivity index (χ3n) is 3.00. The fourth-order valence-corrected chi connectivity index (χ4v) is 2.18. The van der Waals surface area contributed by atoms with Crippen molar-refractivity contribution in [2.24, 2.45) is 5.10 Å². The van der Waals surface area contributed by atoms with E-state index in [0.717, 1.165) is 22.1 Å². The van der Waals surface area contributed by atoms with E-state index in [2.05, 4.69) is 21.4 Å². The predicted octanol–water partition coefficient (Wildman–Crippen LogP) is 2.98. The van der Waals surface area contributed by atoms with Crippen molar-refractivity contribution in [1.82, 2.24) is 14.9 Å². The Kier molecular flexibility index (Phi) is 3.30. The number of hydrogen-bond acceptors (Lipinski definition) is 4. The van der Waals surface area contributed by atoms with Gasteiger partial charge >= 0.3 is 0 Å². The molecule has 0 spiro atoms. The third-order valence-corrected chi connectivity index (χ3v) is 3.28. The zero-order valence-electron chi connectivity index (χ0n) is 10.8. The minimum absolute atomic E-state index is 0.445. The molecule has 1 heterocycles. The lowest BCUT2D eigenvalue weighted by molar-refractivity contribution is 0.415. The van der Waals surface area contributed by atoms with Gasteiger partial charge in [0.1, 0.15) is 12.1 Å². The molecule has 0 aliphatic carbocycles. The zero-order valence-corrected chi connectivity index (χ0v) is 11.6. The van der Waals surface area contributed by atoms with Gasteiger partial charge in [0, 0.05) is 5.56 Å². The number of hydrogen-bond donors (Lipinski definition) is 1. The molecule has 0 atom stereocenters. The number of methoxy groups -OCH3 is 1. The Hall–Kier alpha value is -2.47. The van der Waals surface area contributed by atoms with Gasteiger partial charge in [0.15, 0.2) is 0 Å². The fraction of sp³-hybridized carbons (Fsp3) is 0.0714. The van der Waals surface area contributed by atoms with E-state index < -0.39 is 0 Å². The topological polar surface area (TPSA) is 55.2 Å². The van der Waals surface area contributed by atoms with Crippen molar-refractivity contribution < 1.29 is 4.74 Å². The molecule has 0 aliphatic rings. The fourth-order valence-electron chi connectivity index (χ4n) is 2.03. The smallest absolute Gasteiger partial charge is 0.216 e. The normalized spacial score (nSPS) is 11.2. The molecule has 100 valence electrons. The third kappa shape index (κ3) is 2.21. The first kappa shape index (κ1) is 12.6. The highest BCUT2D eigenvalue weighted by atomic mass is 32.1. The van der Waals surface area contributed by atoms with Crippen molar-refractivity contribution in [2.75, 3.05) is 7.11 Å². The summed E-state index contributed by atoms with van der Waals surface area (Å²) in [4.78, 5) is 0. The Morgan fingerprint density at radius 2 is 2.15 bits per heavy atom. The lowest BCUT2D eigenvalue weighted by Gasteiger charge is -2.08. The summed E-state index contributed by atoms with van der Waals surface area (Å²) in [7, 11) is 1.64. The first-order valence-corrected chi connectivity index (χ1v) is 6.42. The van der Waals surface area contributed by atoms with E-state index >= 15 is 0 Å². The quantitative estimate of drug-likeness (QED) is 0.594. The van der Waals surface area contributed by atoms with Crippen LogP contribution in [0.4, 0.5) is 0 Å². The lowest BCUT2D eigenvalue weighted by Crippen LogP contribution is -1.95. The molecule has 0 saturated heterocycles. The van der Waals surface area contributed by atoms with Crippen LogP contribution < -0.4 is 4.74 Å². The van der Waals surface area contributed by atoms with Gasteiger partial charge in [-0.25, -0.2) is 0 Å². The molecule has 0 radical (unpaired) electrons. The van der Waals surface area contributed by atoms with Gasteiger partial charge in [-0.15, -0.1) is 0 Å². The van der Waals surface area contributed by atoms with E-state index in [0.29, 0.717) is 4.77 Å². The molecule has 3 aromatic rings. The van der Waals surface area contributed by atoms with Gasteiger partial charge < -0.3 is 4.74 Å². The minimum atomic E-state index is 0.445. The van der Waals surface area contributed by atoms with Crippen LogP contribution in [0.2, 0.25) is 0 Å². The van der Waals surface area contributed by atoms with Crippen LogP contribution in [0.15, 0.2) is 47.8 Å². The zero-order chi connectivity index (χ0) is 13.9. The Labute approximate surface area is 120 Å². The Bertz CT molecular complexity index is 834. The maximum Gasteiger partial charge on any atom is 0.216 e. The van der Waals surface area contributed by atoms with Gasteiger partial charge in [-0.1, -0.05) is 30.3 Å². The molecule has 2 aromatic carbocycles. The van der Waals surface area contributed by atoms with Gasteiger partial charge in [-0.05, 0) is 29.1 Å². The van der Waals surface area contributed by atoms with Crippen molar-refractivity contribution in [1.29, 1.82) is 0 Å². The molecule has 0 aliphatic heterocycles. The first-order chi connectivity index (χ1) is 9.79. The number of benzene rings is 2. The van der Waals surface area contributed by atoms with E-state index in [9.17, 15) is 0 Å². The highest BCUT2D eigenvalue weighted by Gasteiger charge is 2.05. The number of nitrogens with zero attached hydrogens (tertiary/aromatic N) is 3. The SMILES string of the molecule is COc1ccc2ccccc2c1/C=N\n1cn[nH]c1=S. The molecule has 0 unspecified atom stereocenters. The van der Waals surface area contributed by atoms with Crippen molar-refractivity contribution in [3.63, 3.8) is 0 Å². The minimum Gasteiger partial charge on any atom is -0.496 e. The molecule has 6 heteroatoms. The monoisotopic (exact) mass is 284 g/mol. The summed E-state index contributed by atoms with van der Waals surface area (Å²) < 4.78 is 7.35. The summed E-state index contributed by atoms with van der Waals surface area (Å²) in [5.74, 6) is 0.766. The second-order valence-corrected chi connectivity index (χ2v) is 4.54. The van der Waals surface area contributed by atoms with Crippen LogP contribution in [0, 0.1) is 4.77 Å². The summed E-state index contributed by atoms with van der Waals surface area (Å²) in [6.45, 7) is 0. The maximum atomic E-state index is 5.40. The molecule has 3 rings (SSSR count). The number of aromatic nitrogens is 3. The number of nitrogens with one attached hydrogen (secondary N) is 1. The maximum absolute atomic E-state index is 5.40. The van der Waals surface area contributed by atoms with E-state index in [4.69, 9.17) is 17.0 Å². The van der Waals surface area contributed by atoms with Crippen LogP contribution in [-0.2, 0) is 0 Å². The first-order valence-electron chi connectivity index (χ1n) is 6.02. The molecule has 1 aromatic heterocycles. The number of fused-ring (bicyclic) bond motifs is 1. The van der Waals surface area contributed by atoms with Crippen LogP contribution in [-0.4, -0.2) is 28.2 Å². The highest BCUT2D eigenvalue weighted by molar-refractivity contribution is 7.71. The number of ether oxygens (including phenoxy) is 1. The van der Waals surface area contributed by atoms with Crippen LogP contribution in [0.1, 0.15) is 5.56 Å². The van der Waals surface area contributed by atoms with Crippen LogP contribution in [0.3, 0.4) is 0 Å². The molecular formula is C14H12N4OS. The van der Waals surface area contributed by atoms with Crippen LogP contribution in [0.5, 0.6) is 5.75 Å². The molecule has 0 bridgehead atoms. The molecule has 1 N–H and O–H groups in total. The number of H-pyrrole nitrogens is 1. The van der Waals surface area contributed by atoms with Crippen LogP contribution in [0.25, 0.3) is 10.8 Å². The van der Waals surface area contributed by atoms with Gasteiger partial charge in [-0.2, -0.15) is 14.9 Å². The molecule has 0 saturated carbocycles. The molecule has 0 amide bonds. The summed E-state index contributed by atoms with van der Waals surface area (Å²) in [5.41, 5.74) is 0.911. The summed E-state index contributed by atoms with van der Waals surface area (Å²) in [6.07, 6.45) is 3.25. The van der Waals surface area contributed by atoms with Gasteiger partial charge in [0.2, 0.25) is 4.77 Å². The average Bonchev–Trinajstić information content (AvgIpc) is 2.90. The number of rotatable bonds is 3. The summed E-state index contributed by atoms with van der Waals surface area (Å²) >= 11 is 5.06. The van der Waals surface area contributed by atoms with Gasteiger partial charge in [0.25, 0.3) is 0 Å². The van der Waals surface area contributed by atoms with E-state index in [-0.39, 0.29) is 0 Å². The van der Waals surface area contributed by atoms with Crippen molar-refractivity contribution in [2.45, 2.75) is 0 Å². The van der Waals surface area contributed by atoms with Gasteiger partial charge in [0.05, 0.1) is 13.3 Å². The Morgan fingerprint density at radius 1 is 1.30 bits per heavy atom. The summed E-state index contributed by atoms with van der Waals surface area (Å²) in [5, 5.41) is 13.0. The Balaban J connectivity index is 2.16. The molecule has 0 fully saturated rings. The van der Waals surface area contributed by atoms with E-state index in [1.54, 1.807) is 13.3 Å². The standard InChI is InChI=1S/C14H12N4OS/c1-19-13-7-6-10-4-2-3-5-11(10)12(13)8-16-18-9-15-17-14(18)20/h2-9H,1H3,(H,17,20)/b16-8-. The summed E-state index contributed by atoms with van der Waals surface area (Å²) in [6, 6.07) is 12.0. The van der Waals surface area contributed by atoms with Crippen LogP contribution >= 0.6 is 12.2 Å². The predicted molar refractivity (Wildman–Crippen MR) is 80.9 cm³/mol. The average molecular weight is 284 g/mol. The number of aromatic amines is 1. The van der Waals surface area contributed by atoms with Gasteiger partial charge in [-0.3, -0.25) is 5.10 Å². The molecular weight excluding hydrogens is 272 g/mol.